The molecule has 5 heteroatoms. The number of ether oxygens (including phenoxy) is 1. The number of benzene rings is 1. The summed E-state index contributed by atoms with van der Waals surface area (Å²) in [4.78, 5) is 11.5. The van der Waals surface area contributed by atoms with Crippen molar-refractivity contribution in [3.8, 4) is 0 Å². The minimum absolute atomic E-state index is 0.249. The molecule has 0 radical (unpaired) electrons. The molecule has 0 saturated carbocycles. The number of nitrogens with one attached hydrogen (secondary N) is 1. The molecule has 1 heterocycles. The maximum Gasteiger partial charge on any atom is 0.316 e. The van der Waals surface area contributed by atoms with E-state index in [2.05, 4.69) is 21.2 Å². The Morgan fingerprint density at radius 1 is 1.56 bits per heavy atom. The second kappa shape index (κ2) is 4.99. The van der Waals surface area contributed by atoms with Gasteiger partial charge in [0.1, 0.15) is 5.41 Å². The van der Waals surface area contributed by atoms with E-state index in [0.29, 0.717) is 0 Å². The smallest absolute Gasteiger partial charge is 0.316 e. The highest BCUT2D eigenvalue weighted by Crippen LogP contribution is 2.42. The van der Waals surface area contributed by atoms with Crippen molar-refractivity contribution in [1.82, 2.24) is 5.32 Å². The van der Waals surface area contributed by atoms with Gasteiger partial charge < -0.3 is 15.2 Å². The van der Waals surface area contributed by atoms with Gasteiger partial charge in [-0.25, -0.2) is 0 Å². The molecule has 1 aliphatic rings. The Labute approximate surface area is 114 Å². The third-order valence-electron chi connectivity index (χ3n) is 3.54. The van der Waals surface area contributed by atoms with Gasteiger partial charge in [-0.2, -0.15) is 0 Å². The van der Waals surface area contributed by atoms with Crippen molar-refractivity contribution in [1.29, 1.82) is 0 Å². The number of carboxylic acid groups (broad SMARTS) is 1. The van der Waals surface area contributed by atoms with Crippen molar-refractivity contribution in [2.24, 2.45) is 5.41 Å². The molecule has 18 heavy (non-hydrogen) atoms. The van der Waals surface area contributed by atoms with Gasteiger partial charge in [0.25, 0.3) is 0 Å². The van der Waals surface area contributed by atoms with Gasteiger partial charge in [0, 0.05) is 4.47 Å². The van der Waals surface area contributed by atoms with Crippen LogP contribution in [0.5, 0.6) is 0 Å². The predicted molar refractivity (Wildman–Crippen MR) is 71.6 cm³/mol. The molecule has 0 bridgehead atoms. The van der Waals surface area contributed by atoms with E-state index in [4.69, 9.17) is 4.74 Å². The maximum absolute atomic E-state index is 11.5. The molecular weight excluding hydrogens is 298 g/mol. The number of aliphatic carboxylic acids is 1. The minimum Gasteiger partial charge on any atom is -0.481 e. The van der Waals surface area contributed by atoms with Gasteiger partial charge in [-0.1, -0.05) is 22.0 Å². The Morgan fingerprint density at radius 2 is 2.22 bits per heavy atom. The van der Waals surface area contributed by atoms with Gasteiger partial charge in [0.05, 0.1) is 19.3 Å². The summed E-state index contributed by atoms with van der Waals surface area (Å²) in [5, 5.41) is 12.6. The first-order chi connectivity index (χ1) is 8.51. The lowest BCUT2D eigenvalue weighted by Crippen LogP contribution is -2.56. The van der Waals surface area contributed by atoms with Crippen molar-refractivity contribution < 1.29 is 14.6 Å². The number of halogens is 1. The van der Waals surface area contributed by atoms with Crippen LogP contribution in [-0.2, 0) is 9.53 Å². The summed E-state index contributed by atoms with van der Waals surface area (Å²) in [5.74, 6) is -0.813. The van der Waals surface area contributed by atoms with Gasteiger partial charge in [0.2, 0.25) is 0 Å². The minimum atomic E-state index is -0.861. The van der Waals surface area contributed by atoms with Gasteiger partial charge in [-0.3, -0.25) is 4.79 Å². The molecule has 98 valence electrons. The molecule has 1 saturated heterocycles. The zero-order chi connectivity index (χ0) is 13.3. The lowest BCUT2D eigenvalue weighted by Gasteiger charge is -2.44. The van der Waals surface area contributed by atoms with Crippen molar-refractivity contribution in [3.63, 3.8) is 0 Å². The molecule has 4 nitrogen and oxygen atoms in total. The highest BCUT2D eigenvalue weighted by molar-refractivity contribution is 9.10. The molecule has 1 aromatic rings. The number of carbonyl (C=O) groups is 1. The van der Waals surface area contributed by atoms with Crippen LogP contribution in [0.2, 0.25) is 0 Å². The van der Waals surface area contributed by atoms with Crippen LogP contribution in [0, 0.1) is 12.3 Å². The second-order valence-electron chi connectivity index (χ2n) is 4.68. The summed E-state index contributed by atoms with van der Waals surface area (Å²) in [6, 6.07) is 5.66. The van der Waals surface area contributed by atoms with E-state index in [1.807, 2.05) is 25.1 Å². The molecule has 0 spiro atoms. The Morgan fingerprint density at radius 3 is 2.67 bits per heavy atom. The highest BCUT2D eigenvalue weighted by atomic mass is 79.9. The molecule has 1 aliphatic heterocycles. The third kappa shape index (κ3) is 2.06. The monoisotopic (exact) mass is 313 g/mol. The van der Waals surface area contributed by atoms with Crippen molar-refractivity contribution in [3.05, 3.63) is 33.8 Å². The van der Waals surface area contributed by atoms with Crippen molar-refractivity contribution >= 4 is 21.9 Å². The number of hydrogen-bond donors (Lipinski definition) is 2. The van der Waals surface area contributed by atoms with Gasteiger partial charge >= 0.3 is 5.97 Å². The van der Waals surface area contributed by atoms with Crippen molar-refractivity contribution in [2.75, 3.05) is 20.3 Å². The fraction of sp³-hybridized carbons (Fsp3) is 0.462. The van der Waals surface area contributed by atoms with Crippen LogP contribution in [-0.4, -0.2) is 31.3 Å². The van der Waals surface area contributed by atoms with Crippen LogP contribution >= 0.6 is 15.9 Å². The summed E-state index contributed by atoms with van der Waals surface area (Å²) < 4.78 is 6.09. The zero-order valence-electron chi connectivity index (χ0n) is 10.4. The van der Waals surface area contributed by atoms with Crippen LogP contribution in [0.25, 0.3) is 0 Å². The first-order valence-corrected chi connectivity index (χ1v) is 6.55. The van der Waals surface area contributed by atoms with E-state index in [1.165, 1.54) is 0 Å². The first kappa shape index (κ1) is 13.5. The van der Waals surface area contributed by atoms with E-state index in [-0.39, 0.29) is 19.3 Å². The van der Waals surface area contributed by atoms with Gasteiger partial charge in [-0.05, 0) is 37.2 Å². The van der Waals surface area contributed by atoms with Crippen LogP contribution < -0.4 is 5.32 Å². The van der Waals surface area contributed by atoms with Crippen LogP contribution in [0.15, 0.2) is 22.7 Å². The number of hydrogen-bond acceptors (Lipinski definition) is 3. The molecule has 1 atom stereocenters. The summed E-state index contributed by atoms with van der Waals surface area (Å²) in [5.41, 5.74) is 1.21. The van der Waals surface area contributed by atoms with E-state index in [0.717, 1.165) is 15.6 Å². The number of rotatable bonds is 4. The number of carboxylic acids is 1. The molecule has 0 aliphatic carbocycles. The Bertz CT molecular complexity index is 471. The maximum atomic E-state index is 11.5. The predicted octanol–water partition coefficient (Wildman–Crippen LogP) is 2.12. The SMILES string of the molecule is CNC(c1cc(Br)ccc1C)C1(C(=O)O)COC1. The Kier molecular flexibility index (Phi) is 3.75. The normalized spacial score (nSPS) is 19.1. The van der Waals surface area contributed by atoms with Crippen LogP contribution in [0.1, 0.15) is 17.2 Å². The first-order valence-electron chi connectivity index (χ1n) is 5.76. The van der Waals surface area contributed by atoms with Gasteiger partial charge in [-0.15, -0.1) is 0 Å². The van der Waals surface area contributed by atoms with E-state index < -0.39 is 11.4 Å². The van der Waals surface area contributed by atoms with E-state index in [1.54, 1.807) is 7.05 Å². The quantitative estimate of drug-likeness (QED) is 0.894. The lowest BCUT2D eigenvalue weighted by atomic mass is 9.74. The molecule has 1 fully saturated rings. The fourth-order valence-corrected chi connectivity index (χ4v) is 2.77. The summed E-state index contributed by atoms with van der Waals surface area (Å²) in [6.45, 7) is 2.49. The van der Waals surface area contributed by atoms with Crippen LogP contribution in [0.4, 0.5) is 0 Å². The Balaban J connectivity index is 2.45. The largest absolute Gasteiger partial charge is 0.481 e. The average Bonchev–Trinajstić information content (AvgIpc) is 2.26. The van der Waals surface area contributed by atoms with Crippen LogP contribution in [0.3, 0.4) is 0 Å². The fourth-order valence-electron chi connectivity index (χ4n) is 2.39. The van der Waals surface area contributed by atoms with E-state index in [9.17, 15) is 9.90 Å². The van der Waals surface area contributed by atoms with Crippen molar-refractivity contribution in [2.45, 2.75) is 13.0 Å². The number of aryl methyl sites for hydroxylation is 1. The molecule has 0 amide bonds. The third-order valence-corrected chi connectivity index (χ3v) is 4.03. The molecule has 2 N–H and O–H groups in total. The lowest BCUT2D eigenvalue weighted by molar-refractivity contribution is -0.186. The standard InChI is InChI=1S/C13H16BrNO3/c1-8-3-4-9(14)5-10(8)11(15-2)13(12(16)17)6-18-7-13/h3-5,11,15H,6-7H2,1-2H3,(H,16,17). The zero-order valence-corrected chi connectivity index (χ0v) is 12.0. The van der Waals surface area contributed by atoms with E-state index >= 15 is 0 Å². The highest BCUT2D eigenvalue weighted by Gasteiger charge is 2.53. The molecule has 2 rings (SSSR count). The molecule has 1 unspecified atom stereocenters. The molecule has 0 aromatic heterocycles. The average molecular weight is 314 g/mol. The summed E-state index contributed by atoms with van der Waals surface area (Å²) in [7, 11) is 1.79. The molecular formula is C13H16BrNO3. The summed E-state index contributed by atoms with van der Waals surface area (Å²) in [6.07, 6.45) is 0. The van der Waals surface area contributed by atoms with Gasteiger partial charge in [0.15, 0.2) is 0 Å². The molecule has 1 aromatic carbocycles. The summed E-state index contributed by atoms with van der Waals surface area (Å²) >= 11 is 3.43. The second-order valence-corrected chi connectivity index (χ2v) is 5.59. The topological polar surface area (TPSA) is 58.6 Å². The Hall–Kier alpha value is -0.910.